The predicted octanol–water partition coefficient (Wildman–Crippen LogP) is 6.03. The Morgan fingerprint density at radius 1 is 0.909 bits per heavy atom. The van der Waals surface area contributed by atoms with Crippen LogP contribution in [0.2, 0.25) is 0 Å². The van der Waals surface area contributed by atoms with Crippen LogP contribution in [0, 0.1) is 0 Å². The van der Waals surface area contributed by atoms with Gasteiger partial charge in [0.15, 0.2) is 6.29 Å². The van der Waals surface area contributed by atoms with Gasteiger partial charge in [-0.2, -0.15) is 17.9 Å². The molecule has 12 nitrogen and oxygen atoms in total. The fourth-order valence-electron chi connectivity index (χ4n) is 6.69. The molecule has 4 atom stereocenters. The number of phenolic OH excluding ortho intramolecular Hbond substituents is 1. The smallest absolute Gasteiger partial charge is 0.471 e. The number of hydrogen-bond donors (Lipinski definition) is 3. The van der Waals surface area contributed by atoms with Crippen LogP contribution in [0.4, 0.5) is 13.2 Å². The molecule has 0 radical (unpaired) electrons. The number of nitrogens with one attached hydrogen (secondary N) is 1. The number of benzene rings is 4. The van der Waals surface area contributed by atoms with Gasteiger partial charge in [0.2, 0.25) is 11.1 Å². The highest BCUT2D eigenvalue weighted by molar-refractivity contribution is 7.99. The molecule has 0 unspecified atom stereocenters. The molecular weight excluding hydrogens is 738 g/mol. The van der Waals surface area contributed by atoms with Crippen molar-refractivity contribution >= 4 is 23.6 Å². The van der Waals surface area contributed by atoms with Gasteiger partial charge in [-0.1, -0.05) is 72.4 Å². The quantitative estimate of drug-likeness (QED) is 0.136. The summed E-state index contributed by atoms with van der Waals surface area (Å²) in [5.74, 6) is -1.99. The zero-order chi connectivity index (χ0) is 38.5. The lowest BCUT2D eigenvalue weighted by Gasteiger charge is -2.36. The average Bonchev–Trinajstić information content (AvgIpc) is 3.90. The highest BCUT2D eigenvalue weighted by atomic mass is 32.2. The Morgan fingerprint density at radius 3 is 2.40 bits per heavy atom. The zero-order valence-corrected chi connectivity index (χ0v) is 30.1. The number of nitrogens with zero attached hydrogens (tertiary/aromatic N) is 5. The number of halogens is 3. The van der Waals surface area contributed by atoms with Crippen molar-refractivity contribution in [2.75, 3.05) is 12.3 Å². The lowest BCUT2D eigenvalue weighted by molar-refractivity contribution is -0.245. The van der Waals surface area contributed by atoms with Gasteiger partial charge in [0, 0.05) is 30.8 Å². The number of amides is 2. The van der Waals surface area contributed by atoms with E-state index >= 15 is 0 Å². The maximum absolute atomic E-state index is 13.1. The molecule has 0 saturated carbocycles. The SMILES string of the molecule is O=C(NCc1cccc(-c2cccc([C@H]3O[C@@H](CSc4nnnn4-c4ccc(O)cc4)C[C@@H](c4ccc(CO)cc4)O3)c2)c1)[C@@H]1CCCN1C(=O)C(F)(F)F. The van der Waals surface area contributed by atoms with Crippen LogP contribution in [0.5, 0.6) is 5.75 Å². The largest absolute Gasteiger partial charge is 0.508 e. The monoisotopic (exact) mass is 774 g/mol. The molecule has 2 amide bonds. The number of thioether (sulfide) groups is 1. The Hall–Kier alpha value is -5.29. The van der Waals surface area contributed by atoms with Crippen LogP contribution in [-0.4, -0.2) is 77.8 Å². The number of likely N-dealkylation sites (tertiary alicyclic amines) is 1. The second-order valence-corrected chi connectivity index (χ2v) is 14.2. The van der Waals surface area contributed by atoms with Crippen molar-refractivity contribution in [2.45, 2.75) is 68.3 Å². The number of hydrogen-bond acceptors (Lipinski definition) is 10. The molecule has 7 rings (SSSR count). The molecule has 286 valence electrons. The Bertz CT molecular complexity index is 2120. The fraction of sp³-hybridized carbons (Fsp3) is 0.308. The van der Waals surface area contributed by atoms with Gasteiger partial charge in [0.25, 0.3) is 0 Å². The standard InChI is InChI=1S/C39H37F3N6O6S/c40-39(41,42)37(52)47-17-3-8-33(47)35(51)43-21-25-4-1-5-27(18-25)28-6-2-7-29(19-28)36-53-32(20-34(54-36)26-11-9-24(22-49)10-12-26)23-55-38-44-45-46-48(38)30-13-15-31(50)16-14-30/h1-2,4-7,9-16,18-19,32-34,36,49-50H,3,8,17,20-23H2,(H,43,51)/t32-,33+,34+,36+/m1/s1. The van der Waals surface area contributed by atoms with Crippen LogP contribution in [0.3, 0.4) is 0 Å². The summed E-state index contributed by atoms with van der Waals surface area (Å²) in [5, 5.41) is 34.7. The molecule has 5 aromatic rings. The topological polar surface area (TPSA) is 152 Å². The normalized spacial score (nSPS) is 20.0. The summed E-state index contributed by atoms with van der Waals surface area (Å²) in [5.41, 5.74) is 5.60. The zero-order valence-electron chi connectivity index (χ0n) is 29.3. The first-order chi connectivity index (χ1) is 26.6. The molecule has 0 spiro atoms. The number of aromatic nitrogens is 4. The number of tetrazole rings is 1. The Labute approximate surface area is 318 Å². The highest BCUT2D eigenvalue weighted by Gasteiger charge is 2.47. The van der Waals surface area contributed by atoms with E-state index in [1.54, 1.807) is 35.0 Å². The van der Waals surface area contributed by atoms with Crippen LogP contribution in [0.15, 0.2) is 102 Å². The molecule has 0 aliphatic carbocycles. The second kappa shape index (κ2) is 16.6. The first kappa shape index (κ1) is 38.0. The summed E-state index contributed by atoms with van der Waals surface area (Å²) in [6, 6.07) is 28.1. The molecule has 2 saturated heterocycles. The molecule has 3 N–H and O–H groups in total. The summed E-state index contributed by atoms with van der Waals surface area (Å²) < 4.78 is 54.0. The molecule has 0 bridgehead atoms. The van der Waals surface area contributed by atoms with Crippen molar-refractivity contribution in [3.63, 3.8) is 0 Å². The highest BCUT2D eigenvalue weighted by Crippen LogP contribution is 2.40. The van der Waals surface area contributed by atoms with E-state index in [0.29, 0.717) is 34.3 Å². The summed E-state index contributed by atoms with van der Waals surface area (Å²) in [4.78, 5) is 25.4. The summed E-state index contributed by atoms with van der Waals surface area (Å²) in [7, 11) is 0. The summed E-state index contributed by atoms with van der Waals surface area (Å²) in [6.45, 7) is -0.124. The molecule has 2 aliphatic heterocycles. The van der Waals surface area contributed by atoms with E-state index in [2.05, 4.69) is 20.8 Å². The van der Waals surface area contributed by atoms with Crippen molar-refractivity contribution < 1.29 is 42.4 Å². The van der Waals surface area contributed by atoms with E-state index in [9.17, 15) is 33.0 Å². The Balaban J connectivity index is 1.07. The van der Waals surface area contributed by atoms with Gasteiger partial charge < -0.3 is 29.9 Å². The number of ether oxygens (including phenoxy) is 2. The Morgan fingerprint density at radius 2 is 1.65 bits per heavy atom. The molecule has 4 aromatic carbocycles. The van der Waals surface area contributed by atoms with Crippen molar-refractivity contribution in [2.24, 2.45) is 0 Å². The first-order valence-electron chi connectivity index (χ1n) is 17.6. The lowest BCUT2D eigenvalue weighted by Crippen LogP contribution is -2.50. The minimum absolute atomic E-state index is 0.0673. The lowest BCUT2D eigenvalue weighted by atomic mass is 9.99. The van der Waals surface area contributed by atoms with E-state index in [1.807, 2.05) is 66.7 Å². The van der Waals surface area contributed by atoms with Gasteiger partial charge in [0.05, 0.1) is 24.5 Å². The summed E-state index contributed by atoms with van der Waals surface area (Å²) in [6.07, 6.45) is -5.37. The molecule has 55 heavy (non-hydrogen) atoms. The minimum atomic E-state index is -5.04. The number of alkyl halides is 3. The van der Waals surface area contributed by atoms with Gasteiger partial charge in [-0.15, -0.1) is 5.10 Å². The van der Waals surface area contributed by atoms with Gasteiger partial charge in [0.1, 0.15) is 11.8 Å². The van der Waals surface area contributed by atoms with Gasteiger partial charge >= 0.3 is 12.1 Å². The van der Waals surface area contributed by atoms with Gasteiger partial charge in [-0.25, -0.2) is 0 Å². The van der Waals surface area contributed by atoms with E-state index in [4.69, 9.17) is 9.47 Å². The predicted molar refractivity (Wildman–Crippen MR) is 194 cm³/mol. The number of rotatable bonds is 11. The molecule has 3 heterocycles. The van der Waals surface area contributed by atoms with Crippen LogP contribution in [-0.2, 0) is 32.2 Å². The number of aliphatic hydroxyl groups excluding tert-OH is 1. The van der Waals surface area contributed by atoms with Gasteiger partial charge in [-0.05, 0) is 87.5 Å². The molecule has 2 aliphatic rings. The second-order valence-electron chi connectivity index (χ2n) is 13.2. The average molecular weight is 775 g/mol. The maximum Gasteiger partial charge on any atom is 0.471 e. The van der Waals surface area contributed by atoms with Crippen LogP contribution in [0.25, 0.3) is 16.8 Å². The third kappa shape index (κ3) is 8.99. The molecular formula is C39H37F3N6O6S. The van der Waals surface area contributed by atoms with E-state index in [-0.39, 0.29) is 44.1 Å². The Kier molecular flexibility index (Phi) is 11.5. The van der Waals surface area contributed by atoms with Crippen LogP contribution in [0.1, 0.15) is 53.9 Å². The van der Waals surface area contributed by atoms with Crippen molar-refractivity contribution in [3.8, 4) is 22.6 Å². The molecule has 2 fully saturated rings. The number of phenols is 1. The third-order valence-corrected chi connectivity index (χ3v) is 10.5. The van der Waals surface area contributed by atoms with Crippen molar-refractivity contribution in [3.05, 3.63) is 119 Å². The first-order valence-corrected chi connectivity index (χ1v) is 18.6. The number of carbonyl (C=O) groups excluding carboxylic acids is 2. The van der Waals surface area contributed by atoms with Gasteiger partial charge in [-0.3, -0.25) is 9.59 Å². The van der Waals surface area contributed by atoms with E-state index < -0.39 is 30.3 Å². The summed E-state index contributed by atoms with van der Waals surface area (Å²) >= 11 is 1.43. The number of aliphatic hydroxyl groups is 1. The third-order valence-electron chi connectivity index (χ3n) is 9.49. The van der Waals surface area contributed by atoms with E-state index in [0.717, 1.165) is 33.4 Å². The number of carbonyl (C=O) groups is 2. The minimum Gasteiger partial charge on any atom is -0.508 e. The van der Waals surface area contributed by atoms with Crippen molar-refractivity contribution in [1.82, 2.24) is 30.4 Å². The maximum atomic E-state index is 13.1. The van der Waals surface area contributed by atoms with Crippen LogP contribution < -0.4 is 5.32 Å². The van der Waals surface area contributed by atoms with E-state index in [1.165, 1.54) is 11.8 Å². The molecule has 1 aromatic heterocycles. The van der Waals surface area contributed by atoms with Crippen LogP contribution >= 0.6 is 11.8 Å². The number of aromatic hydroxyl groups is 1. The van der Waals surface area contributed by atoms with Crippen molar-refractivity contribution in [1.29, 1.82) is 0 Å². The molecule has 16 heteroatoms. The fourth-order valence-corrected chi connectivity index (χ4v) is 7.60.